The van der Waals surface area contributed by atoms with Gasteiger partial charge in [-0.15, -0.1) is 0 Å². The highest BCUT2D eigenvalue weighted by Crippen LogP contribution is 2.29. The van der Waals surface area contributed by atoms with Gasteiger partial charge in [0.1, 0.15) is 11.3 Å². The minimum Gasteiger partial charge on any atom is -0.383 e. The Bertz CT molecular complexity index is 486. The van der Waals surface area contributed by atoms with Crippen molar-refractivity contribution >= 4 is 17.3 Å². The second-order valence-electron chi connectivity index (χ2n) is 4.39. The van der Waals surface area contributed by atoms with Crippen LogP contribution in [-0.4, -0.2) is 35.4 Å². The summed E-state index contributed by atoms with van der Waals surface area (Å²) in [5.41, 5.74) is 0.289. The highest BCUT2D eigenvalue weighted by molar-refractivity contribution is 6.00. The maximum atomic E-state index is 12.4. The molecule has 0 saturated heterocycles. The number of nitro benzene ring substituents is 1. The molecule has 1 aromatic carbocycles. The summed E-state index contributed by atoms with van der Waals surface area (Å²) < 4.78 is 0. The zero-order valence-electron chi connectivity index (χ0n) is 11.6. The fourth-order valence-electron chi connectivity index (χ4n) is 2.01. The molecule has 0 aromatic heterocycles. The normalized spacial score (nSPS) is 10.4. The van der Waals surface area contributed by atoms with Gasteiger partial charge in [0.25, 0.3) is 5.91 Å². The predicted octanol–water partition coefficient (Wildman–Crippen LogP) is 2.51. The molecule has 0 saturated carbocycles. The van der Waals surface area contributed by atoms with Crippen molar-refractivity contribution in [3.8, 4) is 0 Å². The second-order valence-corrected chi connectivity index (χ2v) is 4.39. The van der Waals surface area contributed by atoms with Crippen molar-refractivity contribution in [3.05, 3.63) is 33.9 Å². The summed E-state index contributed by atoms with van der Waals surface area (Å²) in [6.45, 7) is 6.13. The van der Waals surface area contributed by atoms with Crippen LogP contribution in [0.25, 0.3) is 0 Å². The molecule has 0 unspecified atom stereocenters. The van der Waals surface area contributed by atoms with Gasteiger partial charge < -0.3 is 10.2 Å². The maximum Gasteiger partial charge on any atom is 0.305 e. The number of nitro groups is 1. The molecule has 0 aliphatic carbocycles. The van der Waals surface area contributed by atoms with Crippen molar-refractivity contribution in [2.24, 2.45) is 0 Å². The average molecular weight is 265 g/mol. The monoisotopic (exact) mass is 265 g/mol. The third-order valence-electron chi connectivity index (χ3n) is 2.94. The number of nitrogens with zero attached hydrogens (tertiary/aromatic N) is 2. The molecule has 0 spiro atoms. The van der Waals surface area contributed by atoms with Crippen LogP contribution in [0.4, 0.5) is 11.4 Å². The van der Waals surface area contributed by atoms with Gasteiger partial charge in [0.05, 0.1) is 4.92 Å². The number of benzene rings is 1. The number of amides is 1. The third kappa shape index (κ3) is 3.01. The molecule has 0 aliphatic rings. The van der Waals surface area contributed by atoms with E-state index in [1.165, 1.54) is 6.07 Å². The lowest BCUT2D eigenvalue weighted by atomic mass is 10.1. The quantitative estimate of drug-likeness (QED) is 0.655. The lowest BCUT2D eigenvalue weighted by Gasteiger charge is -2.25. The molecule has 0 atom stereocenters. The molecule has 0 fully saturated rings. The van der Waals surface area contributed by atoms with Crippen LogP contribution in [0.5, 0.6) is 0 Å². The van der Waals surface area contributed by atoms with E-state index < -0.39 is 4.92 Å². The summed E-state index contributed by atoms with van der Waals surface area (Å²) in [5.74, 6) is -0.318. The first kappa shape index (κ1) is 14.9. The number of carbonyl (C=O) groups excluding carboxylic acids is 1. The SMILES string of the molecule is CCN(C(=O)c1cccc(NC)c1[N+](=O)[O-])C(C)C. The van der Waals surface area contributed by atoms with Crippen LogP contribution < -0.4 is 5.32 Å². The summed E-state index contributed by atoms with van der Waals surface area (Å²) >= 11 is 0. The molecule has 0 aliphatic heterocycles. The van der Waals surface area contributed by atoms with E-state index in [0.717, 1.165) is 0 Å². The highest BCUT2D eigenvalue weighted by atomic mass is 16.6. The Balaban J connectivity index is 3.34. The molecule has 6 heteroatoms. The number of hydrogen-bond acceptors (Lipinski definition) is 4. The molecule has 1 aromatic rings. The Labute approximate surface area is 112 Å². The zero-order valence-corrected chi connectivity index (χ0v) is 11.6. The summed E-state index contributed by atoms with van der Waals surface area (Å²) in [6.07, 6.45) is 0. The molecule has 1 rings (SSSR count). The van der Waals surface area contributed by atoms with Crippen LogP contribution >= 0.6 is 0 Å². The number of hydrogen-bond donors (Lipinski definition) is 1. The first-order chi connectivity index (χ1) is 8.93. The summed E-state index contributed by atoms with van der Waals surface area (Å²) in [7, 11) is 1.59. The van der Waals surface area contributed by atoms with Crippen molar-refractivity contribution < 1.29 is 9.72 Å². The summed E-state index contributed by atoms with van der Waals surface area (Å²) in [5, 5.41) is 13.9. The molecule has 1 amide bonds. The Morgan fingerprint density at radius 3 is 2.53 bits per heavy atom. The maximum absolute atomic E-state index is 12.4. The van der Waals surface area contributed by atoms with Gasteiger partial charge in [-0.2, -0.15) is 0 Å². The van der Waals surface area contributed by atoms with Gasteiger partial charge >= 0.3 is 5.69 Å². The van der Waals surface area contributed by atoms with E-state index in [9.17, 15) is 14.9 Å². The van der Waals surface area contributed by atoms with E-state index in [-0.39, 0.29) is 23.2 Å². The Morgan fingerprint density at radius 1 is 1.47 bits per heavy atom. The van der Waals surface area contributed by atoms with Gasteiger partial charge in [0.15, 0.2) is 0 Å². The van der Waals surface area contributed by atoms with Crippen LogP contribution in [0.15, 0.2) is 18.2 Å². The Hall–Kier alpha value is -2.11. The minimum absolute atomic E-state index is 0.00431. The largest absolute Gasteiger partial charge is 0.383 e. The Morgan fingerprint density at radius 2 is 2.11 bits per heavy atom. The molecule has 0 radical (unpaired) electrons. The van der Waals surface area contributed by atoms with Crippen LogP contribution in [0.3, 0.4) is 0 Å². The molecular weight excluding hydrogens is 246 g/mol. The third-order valence-corrected chi connectivity index (χ3v) is 2.94. The number of para-hydroxylation sites is 1. The van der Waals surface area contributed by atoms with Gasteiger partial charge in [0.2, 0.25) is 0 Å². The molecule has 19 heavy (non-hydrogen) atoms. The van der Waals surface area contributed by atoms with Crippen LogP contribution in [0.2, 0.25) is 0 Å². The predicted molar refractivity (Wildman–Crippen MR) is 74.5 cm³/mol. The van der Waals surface area contributed by atoms with Gasteiger partial charge in [-0.25, -0.2) is 0 Å². The number of anilines is 1. The van der Waals surface area contributed by atoms with Crippen molar-refractivity contribution in [3.63, 3.8) is 0 Å². The van der Waals surface area contributed by atoms with Crippen molar-refractivity contribution in [2.45, 2.75) is 26.8 Å². The smallest absolute Gasteiger partial charge is 0.305 e. The molecular formula is C13H19N3O3. The fourth-order valence-corrected chi connectivity index (χ4v) is 2.01. The van der Waals surface area contributed by atoms with Crippen molar-refractivity contribution in [1.29, 1.82) is 0 Å². The number of carbonyl (C=O) groups is 1. The lowest BCUT2D eigenvalue weighted by molar-refractivity contribution is -0.384. The van der Waals surface area contributed by atoms with Crippen LogP contribution in [-0.2, 0) is 0 Å². The fraction of sp³-hybridized carbons (Fsp3) is 0.462. The second kappa shape index (κ2) is 6.17. The number of rotatable bonds is 5. The average Bonchev–Trinajstić information content (AvgIpc) is 2.37. The first-order valence-electron chi connectivity index (χ1n) is 6.20. The Kier molecular flexibility index (Phi) is 4.86. The van der Waals surface area contributed by atoms with E-state index in [2.05, 4.69) is 5.32 Å². The van der Waals surface area contributed by atoms with E-state index in [4.69, 9.17) is 0 Å². The van der Waals surface area contributed by atoms with Crippen LogP contribution in [0, 0.1) is 10.1 Å². The van der Waals surface area contributed by atoms with E-state index in [1.54, 1.807) is 24.1 Å². The van der Waals surface area contributed by atoms with Gasteiger partial charge in [-0.05, 0) is 32.9 Å². The highest BCUT2D eigenvalue weighted by Gasteiger charge is 2.27. The number of nitrogens with one attached hydrogen (secondary N) is 1. The zero-order chi connectivity index (χ0) is 14.6. The van der Waals surface area contributed by atoms with Crippen molar-refractivity contribution in [1.82, 2.24) is 4.90 Å². The van der Waals surface area contributed by atoms with Gasteiger partial charge in [0, 0.05) is 19.6 Å². The minimum atomic E-state index is -0.521. The molecule has 0 heterocycles. The topological polar surface area (TPSA) is 75.5 Å². The van der Waals surface area contributed by atoms with E-state index >= 15 is 0 Å². The lowest BCUT2D eigenvalue weighted by Crippen LogP contribution is -2.37. The van der Waals surface area contributed by atoms with Gasteiger partial charge in [-0.1, -0.05) is 6.07 Å². The van der Waals surface area contributed by atoms with Crippen molar-refractivity contribution in [2.75, 3.05) is 18.9 Å². The van der Waals surface area contributed by atoms with E-state index in [1.807, 2.05) is 20.8 Å². The molecule has 0 bridgehead atoms. The first-order valence-corrected chi connectivity index (χ1v) is 6.20. The molecule has 104 valence electrons. The van der Waals surface area contributed by atoms with Crippen LogP contribution in [0.1, 0.15) is 31.1 Å². The standard InChI is InChI=1S/C13H19N3O3/c1-5-15(9(2)3)13(17)10-7-6-8-11(14-4)12(10)16(18)19/h6-9,14H,5H2,1-4H3. The molecule has 6 nitrogen and oxygen atoms in total. The summed E-state index contributed by atoms with van der Waals surface area (Å²) in [6, 6.07) is 4.71. The molecule has 1 N–H and O–H groups in total. The van der Waals surface area contributed by atoms with E-state index in [0.29, 0.717) is 12.2 Å². The van der Waals surface area contributed by atoms with Gasteiger partial charge in [-0.3, -0.25) is 14.9 Å². The summed E-state index contributed by atoms with van der Waals surface area (Å²) in [4.78, 5) is 24.7.